The summed E-state index contributed by atoms with van der Waals surface area (Å²) in [5.74, 6) is 0.257. The second-order valence-corrected chi connectivity index (χ2v) is 8.61. The van der Waals surface area contributed by atoms with Crippen LogP contribution in [0.2, 0.25) is 5.02 Å². The Bertz CT molecular complexity index is 957. The smallest absolute Gasteiger partial charge is 0.263 e. The van der Waals surface area contributed by atoms with Crippen molar-refractivity contribution in [2.45, 2.75) is 30.8 Å². The highest BCUT2D eigenvalue weighted by Crippen LogP contribution is 2.26. The van der Waals surface area contributed by atoms with Crippen LogP contribution in [0.5, 0.6) is 5.75 Å². The molecule has 29 heavy (non-hydrogen) atoms. The SMILES string of the molecule is CCOc1ccc(NS(=O)(=O)c2cc(C(=O)NC[C@H]3CCCO3)ccc2Cl)cc1. The third-order valence-corrected chi connectivity index (χ3v) is 6.28. The quantitative estimate of drug-likeness (QED) is 0.658. The Morgan fingerprint density at radius 1 is 1.24 bits per heavy atom. The number of ether oxygens (including phenoxy) is 2. The van der Waals surface area contributed by atoms with E-state index in [2.05, 4.69) is 10.0 Å². The van der Waals surface area contributed by atoms with E-state index in [4.69, 9.17) is 21.1 Å². The summed E-state index contributed by atoms with van der Waals surface area (Å²) in [6.07, 6.45) is 1.86. The number of carbonyl (C=O) groups is 1. The second kappa shape index (κ2) is 9.47. The van der Waals surface area contributed by atoms with Gasteiger partial charge in [-0.3, -0.25) is 9.52 Å². The van der Waals surface area contributed by atoms with Crippen molar-refractivity contribution in [2.75, 3.05) is 24.5 Å². The number of halogens is 1. The molecule has 0 aromatic heterocycles. The molecule has 2 aromatic rings. The fourth-order valence-electron chi connectivity index (χ4n) is 2.96. The van der Waals surface area contributed by atoms with Gasteiger partial charge in [0.05, 0.1) is 17.7 Å². The Balaban J connectivity index is 1.73. The summed E-state index contributed by atoms with van der Waals surface area (Å²) in [5, 5.41) is 2.80. The highest BCUT2D eigenvalue weighted by atomic mass is 35.5. The highest BCUT2D eigenvalue weighted by Gasteiger charge is 2.22. The minimum atomic E-state index is -3.98. The van der Waals surface area contributed by atoms with Gasteiger partial charge >= 0.3 is 0 Å². The first-order valence-electron chi connectivity index (χ1n) is 9.34. The van der Waals surface area contributed by atoms with Gasteiger partial charge in [-0.25, -0.2) is 8.42 Å². The molecule has 1 amide bonds. The van der Waals surface area contributed by atoms with Crippen molar-refractivity contribution in [3.8, 4) is 5.75 Å². The summed E-state index contributed by atoms with van der Waals surface area (Å²) >= 11 is 6.11. The maximum Gasteiger partial charge on any atom is 0.263 e. The molecule has 0 saturated carbocycles. The van der Waals surface area contributed by atoms with E-state index in [1.165, 1.54) is 18.2 Å². The van der Waals surface area contributed by atoms with Gasteiger partial charge in [0, 0.05) is 24.4 Å². The molecule has 1 atom stereocenters. The first kappa shape index (κ1) is 21.4. The summed E-state index contributed by atoms with van der Waals surface area (Å²) in [6.45, 7) is 3.46. The predicted octanol–water partition coefficient (Wildman–Crippen LogP) is 3.45. The Morgan fingerprint density at radius 3 is 2.66 bits per heavy atom. The van der Waals surface area contributed by atoms with Crippen molar-refractivity contribution in [3.05, 3.63) is 53.1 Å². The van der Waals surface area contributed by atoms with Crippen LogP contribution in [0.4, 0.5) is 5.69 Å². The zero-order chi connectivity index (χ0) is 20.9. The zero-order valence-electron chi connectivity index (χ0n) is 16.0. The number of anilines is 1. The van der Waals surface area contributed by atoms with Crippen LogP contribution in [0.25, 0.3) is 0 Å². The van der Waals surface area contributed by atoms with Crippen LogP contribution in [0.3, 0.4) is 0 Å². The number of nitrogens with one attached hydrogen (secondary N) is 2. The molecule has 0 bridgehead atoms. The summed E-state index contributed by atoms with van der Waals surface area (Å²) in [7, 11) is -3.98. The molecule has 1 heterocycles. The van der Waals surface area contributed by atoms with Crippen LogP contribution in [0.15, 0.2) is 47.4 Å². The van der Waals surface area contributed by atoms with Crippen molar-refractivity contribution in [3.63, 3.8) is 0 Å². The number of hydrogen-bond acceptors (Lipinski definition) is 5. The lowest BCUT2D eigenvalue weighted by Crippen LogP contribution is -2.31. The van der Waals surface area contributed by atoms with E-state index in [1.807, 2.05) is 6.92 Å². The molecule has 2 aromatic carbocycles. The largest absolute Gasteiger partial charge is 0.494 e. The molecular weight excluding hydrogens is 416 g/mol. The van der Waals surface area contributed by atoms with Crippen LogP contribution in [-0.2, 0) is 14.8 Å². The summed E-state index contributed by atoms with van der Waals surface area (Å²) in [5.41, 5.74) is 0.567. The normalized spacial score (nSPS) is 16.4. The molecule has 0 radical (unpaired) electrons. The molecule has 3 rings (SSSR count). The zero-order valence-corrected chi connectivity index (χ0v) is 17.6. The maximum atomic E-state index is 12.8. The summed E-state index contributed by atoms with van der Waals surface area (Å²) in [4.78, 5) is 12.2. The van der Waals surface area contributed by atoms with Crippen LogP contribution < -0.4 is 14.8 Å². The van der Waals surface area contributed by atoms with Crippen molar-refractivity contribution < 1.29 is 22.7 Å². The monoisotopic (exact) mass is 438 g/mol. The van der Waals surface area contributed by atoms with E-state index in [9.17, 15) is 13.2 Å². The van der Waals surface area contributed by atoms with Crippen LogP contribution in [-0.4, -0.2) is 40.2 Å². The van der Waals surface area contributed by atoms with E-state index < -0.39 is 10.0 Å². The molecule has 1 saturated heterocycles. The predicted molar refractivity (Wildman–Crippen MR) is 111 cm³/mol. The Morgan fingerprint density at radius 2 is 2.00 bits per heavy atom. The first-order valence-corrected chi connectivity index (χ1v) is 11.2. The van der Waals surface area contributed by atoms with Gasteiger partial charge in [-0.15, -0.1) is 0 Å². The average Bonchev–Trinajstić information content (AvgIpc) is 3.21. The second-order valence-electron chi connectivity index (χ2n) is 6.55. The molecule has 7 nitrogen and oxygen atoms in total. The van der Waals surface area contributed by atoms with Crippen molar-refractivity contribution in [1.29, 1.82) is 0 Å². The fourth-order valence-corrected chi connectivity index (χ4v) is 4.55. The van der Waals surface area contributed by atoms with Crippen molar-refractivity contribution in [2.24, 2.45) is 0 Å². The van der Waals surface area contributed by atoms with Gasteiger partial charge in [-0.05, 0) is 62.2 Å². The minimum absolute atomic E-state index is 0.00391. The van der Waals surface area contributed by atoms with E-state index >= 15 is 0 Å². The number of rotatable bonds is 8. The molecule has 156 valence electrons. The molecule has 0 unspecified atom stereocenters. The molecular formula is C20H23ClN2O5S. The number of benzene rings is 2. The summed E-state index contributed by atoms with van der Waals surface area (Å²) < 4.78 is 38.9. The van der Waals surface area contributed by atoms with Gasteiger partial charge in [0.25, 0.3) is 15.9 Å². The molecule has 1 aliphatic heterocycles. The lowest BCUT2D eigenvalue weighted by atomic mass is 10.2. The van der Waals surface area contributed by atoms with Crippen LogP contribution in [0, 0.1) is 0 Å². The standard InChI is InChI=1S/C20H23ClN2O5S/c1-2-27-16-8-6-15(7-9-16)23-29(25,26)19-12-14(5-10-18(19)21)20(24)22-13-17-4-3-11-28-17/h5-10,12,17,23H,2-4,11,13H2,1H3,(H,22,24)/t17-/m1/s1. The number of sulfonamides is 1. The maximum absolute atomic E-state index is 12.8. The van der Waals surface area contributed by atoms with E-state index in [-0.39, 0.29) is 27.5 Å². The first-order chi connectivity index (χ1) is 13.9. The third-order valence-electron chi connectivity index (χ3n) is 4.41. The average molecular weight is 439 g/mol. The Kier molecular flexibility index (Phi) is 7.00. The molecule has 0 aliphatic carbocycles. The Hall–Kier alpha value is -2.29. The van der Waals surface area contributed by atoms with Crippen LogP contribution in [0.1, 0.15) is 30.1 Å². The van der Waals surface area contributed by atoms with E-state index in [1.54, 1.807) is 24.3 Å². The van der Waals surface area contributed by atoms with Crippen LogP contribution >= 0.6 is 11.6 Å². The van der Waals surface area contributed by atoms with Crippen molar-refractivity contribution >= 4 is 33.2 Å². The fraction of sp³-hybridized carbons (Fsp3) is 0.350. The molecule has 0 spiro atoms. The summed E-state index contributed by atoms with van der Waals surface area (Å²) in [6, 6.07) is 10.7. The van der Waals surface area contributed by atoms with E-state index in [0.717, 1.165) is 12.8 Å². The van der Waals surface area contributed by atoms with Gasteiger partial charge in [-0.1, -0.05) is 11.6 Å². The number of amides is 1. The van der Waals surface area contributed by atoms with Gasteiger partial charge in [-0.2, -0.15) is 0 Å². The van der Waals surface area contributed by atoms with Gasteiger partial charge in [0.2, 0.25) is 0 Å². The molecule has 1 fully saturated rings. The minimum Gasteiger partial charge on any atom is -0.494 e. The molecule has 9 heteroatoms. The number of carbonyl (C=O) groups excluding carboxylic acids is 1. The highest BCUT2D eigenvalue weighted by molar-refractivity contribution is 7.92. The Labute approximate surface area is 175 Å². The van der Waals surface area contributed by atoms with Gasteiger partial charge in [0.15, 0.2) is 0 Å². The van der Waals surface area contributed by atoms with Crippen molar-refractivity contribution in [1.82, 2.24) is 5.32 Å². The lowest BCUT2D eigenvalue weighted by Gasteiger charge is -2.13. The van der Waals surface area contributed by atoms with Gasteiger partial charge < -0.3 is 14.8 Å². The van der Waals surface area contributed by atoms with E-state index in [0.29, 0.717) is 31.2 Å². The third kappa shape index (κ3) is 5.62. The topological polar surface area (TPSA) is 93.7 Å². The number of hydrogen-bond donors (Lipinski definition) is 2. The lowest BCUT2D eigenvalue weighted by molar-refractivity contribution is 0.0857. The molecule has 2 N–H and O–H groups in total. The molecule has 1 aliphatic rings. The van der Waals surface area contributed by atoms with Gasteiger partial charge in [0.1, 0.15) is 10.6 Å².